The standard InChI is InChI=1S/C14H20N4OS/c1-2-15-14-17-12(11-5-6-20-13(11)18-14)16-8-9-3-4-10(19)7-9/h5-6,9-10,19H,2-4,7-8H2,1H3,(H2,15,16,17,18). The molecule has 3 N–H and O–H groups in total. The summed E-state index contributed by atoms with van der Waals surface area (Å²) in [7, 11) is 0. The number of aromatic nitrogens is 2. The fourth-order valence-corrected chi connectivity index (χ4v) is 3.47. The van der Waals surface area contributed by atoms with Crippen LogP contribution in [0, 0.1) is 5.92 Å². The third kappa shape index (κ3) is 2.86. The topological polar surface area (TPSA) is 70.1 Å². The van der Waals surface area contributed by atoms with Gasteiger partial charge < -0.3 is 15.7 Å². The van der Waals surface area contributed by atoms with Gasteiger partial charge in [-0.25, -0.2) is 4.98 Å². The molecule has 0 spiro atoms. The second kappa shape index (κ2) is 5.93. The lowest BCUT2D eigenvalue weighted by Crippen LogP contribution is -2.14. The maximum Gasteiger partial charge on any atom is 0.226 e. The van der Waals surface area contributed by atoms with E-state index in [1.165, 1.54) is 0 Å². The molecule has 2 unspecified atom stereocenters. The van der Waals surface area contributed by atoms with Crippen molar-refractivity contribution in [3.05, 3.63) is 11.4 Å². The predicted octanol–water partition coefficient (Wildman–Crippen LogP) is 2.70. The number of rotatable bonds is 5. The molecule has 20 heavy (non-hydrogen) atoms. The number of hydrogen-bond donors (Lipinski definition) is 3. The lowest BCUT2D eigenvalue weighted by molar-refractivity contribution is 0.178. The van der Waals surface area contributed by atoms with Crippen LogP contribution >= 0.6 is 11.3 Å². The van der Waals surface area contributed by atoms with Crippen LogP contribution in [0.2, 0.25) is 0 Å². The summed E-state index contributed by atoms with van der Waals surface area (Å²) in [5, 5.41) is 19.3. The first kappa shape index (κ1) is 13.6. The minimum absolute atomic E-state index is 0.120. The van der Waals surface area contributed by atoms with Crippen LogP contribution < -0.4 is 10.6 Å². The van der Waals surface area contributed by atoms with E-state index in [-0.39, 0.29) is 6.10 Å². The molecule has 2 atom stereocenters. The Kier molecular flexibility index (Phi) is 4.03. The minimum atomic E-state index is -0.120. The Hall–Kier alpha value is -1.40. The predicted molar refractivity (Wildman–Crippen MR) is 83.4 cm³/mol. The van der Waals surface area contributed by atoms with Crippen LogP contribution in [0.4, 0.5) is 11.8 Å². The fraction of sp³-hybridized carbons (Fsp3) is 0.571. The molecule has 1 aliphatic rings. The van der Waals surface area contributed by atoms with Gasteiger partial charge in [-0.3, -0.25) is 0 Å². The second-order valence-corrected chi connectivity index (χ2v) is 6.17. The number of aliphatic hydroxyl groups is 1. The van der Waals surface area contributed by atoms with Gasteiger partial charge in [-0.1, -0.05) is 0 Å². The van der Waals surface area contributed by atoms with Crippen LogP contribution in [0.3, 0.4) is 0 Å². The number of aliphatic hydroxyl groups excluding tert-OH is 1. The third-order valence-corrected chi connectivity index (χ3v) is 4.54. The molecule has 0 saturated heterocycles. The van der Waals surface area contributed by atoms with E-state index < -0.39 is 0 Å². The number of anilines is 2. The first-order valence-corrected chi connectivity index (χ1v) is 8.05. The summed E-state index contributed by atoms with van der Waals surface area (Å²) in [6.07, 6.45) is 2.79. The molecule has 0 amide bonds. The lowest BCUT2D eigenvalue weighted by Gasteiger charge is -2.13. The van der Waals surface area contributed by atoms with Crippen LogP contribution in [0.25, 0.3) is 10.2 Å². The highest BCUT2D eigenvalue weighted by molar-refractivity contribution is 7.16. The van der Waals surface area contributed by atoms with Crippen molar-refractivity contribution in [1.29, 1.82) is 0 Å². The van der Waals surface area contributed by atoms with E-state index in [1.807, 2.05) is 12.3 Å². The summed E-state index contributed by atoms with van der Waals surface area (Å²) in [6.45, 7) is 3.71. The Morgan fingerprint density at radius 3 is 3.00 bits per heavy atom. The molecule has 0 radical (unpaired) electrons. The highest BCUT2D eigenvalue weighted by Crippen LogP contribution is 2.29. The highest BCUT2D eigenvalue weighted by atomic mass is 32.1. The largest absolute Gasteiger partial charge is 0.393 e. The van der Waals surface area contributed by atoms with Gasteiger partial charge in [0.05, 0.1) is 11.5 Å². The summed E-state index contributed by atoms with van der Waals surface area (Å²) in [5.74, 6) is 2.11. The molecule has 2 heterocycles. The Balaban J connectivity index is 1.76. The van der Waals surface area contributed by atoms with Gasteiger partial charge >= 0.3 is 0 Å². The minimum Gasteiger partial charge on any atom is -0.393 e. The van der Waals surface area contributed by atoms with E-state index in [4.69, 9.17) is 0 Å². The molecule has 0 bridgehead atoms. The molecule has 6 heteroatoms. The number of fused-ring (bicyclic) bond motifs is 1. The zero-order valence-electron chi connectivity index (χ0n) is 11.6. The molecular weight excluding hydrogens is 272 g/mol. The van der Waals surface area contributed by atoms with Gasteiger partial charge in [0, 0.05) is 13.1 Å². The summed E-state index contributed by atoms with van der Waals surface area (Å²) < 4.78 is 0. The molecule has 1 fully saturated rings. The van der Waals surface area contributed by atoms with Crippen molar-refractivity contribution in [2.75, 3.05) is 23.7 Å². The first-order chi connectivity index (χ1) is 9.76. The zero-order chi connectivity index (χ0) is 13.9. The summed E-state index contributed by atoms with van der Waals surface area (Å²) in [6, 6.07) is 2.06. The van der Waals surface area contributed by atoms with Gasteiger partial charge in [0.2, 0.25) is 5.95 Å². The number of nitrogens with zero attached hydrogens (tertiary/aromatic N) is 2. The summed E-state index contributed by atoms with van der Waals surface area (Å²) in [4.78, 5) is 10.1. The fourth-order valence-electron chi connectivity index (χ4n) is 2.70. The number of thiophene rings is 1. The molecule has 1 saturated carbocycles. The van der Waals surface area contributed by atoms with Crippen LogP contribution in [0.1, 0.15) is 26.2 Å². The maximum absolute atomic E-state index is 9.59. The average molecular weight is 292 g/mol. The van der Waals surface area contributed by atoms with Crippen molar-refractivity contribution in [1.82, 2.24) is 9.97 Å². The molecule has 108 valence electrons. The van der Waals surface area contributed by atoms with Gasteiger partial charge in [0.25, 0.3) is 0 Å². The SMILES string of the molecule is CCNc1nc(NCC2CCC(O)C2)c2ccsc2n1. The zero-order valence-corrected chi connectivity index (χ0v) is 12.4. The van der Waals surface area contributed by atoms with Crippen molar-refractivity contribution in [2.24, 2.45) is 5.92 Å². The number of nitrogens with one attached hydrogen (secondary N) is 2. The molecular formula is C14H20N4OS. The van der Waals surface area contributed by atoms with Crippen molar-refractivity contribution < 1.29 is 5.11 Å². The van der Waals surface area contributed by atoms with Crippen LogP contribution in [0.5, 0.6) is 0 Å². The van der Waals surface area contributed by atoms with E-state index in [0.717, 1.165) is 48.4 Å². The van der Waals surface area contributed by atoms with Gasteiger partial charge in [-0.2, -0.15) is 4.98 Å². The quantitative estimate of drug-likeness (QED) is 0.790. The van der Waals surface area contributed by atoms with Gasteiger partial charge in [0.1, 0.15) is 10.6 Å². The molecule has 2 aromatic rings. The Labute approximate surface area is 122 Å². The van der Waals surface area contributed by atoms with Crippen molar-refractivity contribution >= 4 is 33.3 Å². The third-order valence-electron chi connectivity index (χ3n) is 3.73. The second-order valence-electron chi connectivity index (χ2n) is 5.28. The van der Waals surface area contributed by atoms with E-state index in [9.17, 15) is 5.11 Å². The van der Waals surface area contributed by atoms with E-state index in [1.54, 1.807) is 11.3 Å². The molecule has 5 nitrogen and oxygen atoms in total. The molecule has 2 aromatic heterocycles. The average Bonchev–Trinajstić information content (AvgIpc) is 3.05. The molecule has 0 aromatic carbocycles. The Morgan fingerprint density at radius 1 is 1.35 bits per heavy atom. The monoisotopic (exact) mass is 292 g/mol. The van der Waals surface area contributed by atoms with Crippen molar-refractivity contribution in [3.8, 4) is 0 Å². The van der Waals surface area contributed by atoms with E-state index in [2.05, 4.69) is 26.7 Å². The maximum atomic E-state index is 9.59. The summed E-state index contributed by atoms with van der Waals surface area (Å²) in [5.41, 5.74) is 0. The van der Waals surface area contributed by atoms with E-state index in [0.29, 0.717) is 11.9 Å². The normalized spacial score (nSPS) is 22.3. The molecule has 0 aliphatic heterocycles. The Bertz CT molecular complexity index is 586. The van der Waals surface area contributed by atoms with Crippen molar-refractivity contribution in [2.45, 2.75) is 32.3 Å². The smallest absolute Gasteiger partial charge is 0.226 e. The lowest BCUT2D eigenvalue weighted by atomic mass is 10.1. The van der Waals surface area contributed by atoms with Gasteiger partial charge in [0.15, 0.2) is 0 Å². The first-order valence-electron chi connectivity index (χ1n) is 7.17. The van der Waals surface area contributed by atoms with E-state index >= 15 is 0 Å². The van der Waals surface area contributed by atoms with Crippen LogP contribution in [-0.4, -0.2) is 34.3 Å². The molecule has 1 aliphatic carbocycles. The van der Waals surface area contributed by atoms with Gasteiger partial charge in [-0.15, -0.1) is 11.3 Å². The Morgan fingerprint density at radius 2 is 2.25 bits per heavy atom. The van der Waals surface area contributed by atoms with Crippen LogP contribution in [0.15, 0.2) is 11.4 Å². The van der Waals surface area contributed by atoms with Crippen molar-refractivity contribution in [3.63, 3.8) is 0 Å². The van der Waals surface area contributed by atoms with Gasteiger partial charge in [-0.05, 0) is 43.6 Å². The number of hydrogen-bond acceptors (Lipinski definition) is 6. The highest BCUT2D eigenvalue weighted by Gasteiger charge is 2.22. The van der Waals surface area contributed by atoms with Crippen LogP contribution in [-0.2, 0) is 0 Å². The molecule has 3 rings (SSSR count). The summed E-state index contributed by atoms with van der Waals surface area (Å²) >= 11 is 1.63.